The van der Waals surface area contributed by atoms with Crippen LogP contribution in [0, 0.1) is 6.33 Å². The molecule has 0 aliphatic heterocycles. The van der Waals surface area contributed by atoms with Crippen molar-refractivity contribution in [1.29, 1.82) is 0 Å². The molecule has 0 bridgehead atoms. The highest BCUT2D eigenvalue weighted by atomic mass is 16.5. The second-order valence-electron chi connectivity index (χ2n) is 17.8. The first kappa shape index (κ1) is 36.4. The summed E-state index contributed by atoms with van der Waals surface area (Å²) in [5.74, 6) is 2.34. The Balaban J connectivity index is 1.12. The largest absolute Gasteiger partial charge is 0.458 e. The van der Waals surface area contributed by atoms with Crippen molar-refractivity contribution in [3.05, 3.63) is 206 Å². The van der Waals surface area contributed by atoms with Gasteiger partial charge in [0.05, 0.1) is 49.8 Å². The molecule has 0 saturated heterocycles. The standard InChI is InChI=1S/C58H41N5O/c1-58(2,3)37-31-32-59-55(33-37)62-49-23-10-7-18-42(49)45-30-28-40(35-54(45)62)64-39-27-29-44-41-17-8-11-24-50(41)63-51-25-12-9-19-43(51)46-20-13-21-47(56(46)63)48-22-14-26-52-57(48)61(53(44)34-39)36-60(52)38-15-5-4-6-16-38/h4-35H,1-3H3. The van der Waals surface area contributed by atoms with Gasteiger partial charge in [-0.05, 0) is 88.5 Å². The maximum absolute atomic E-state index is 6.98. The summed E-state index contributed by atoms with van der Waals surface area (Å²) in [5, 5.41) is 9.21. The monoisotopic (exact) mass is 823 g/mol. The first-order valence-electron chi connectivity index (χ1n) is 21.9. The molecule has 6 heteroatoms. The van der Waals surface area contributed by atoms with Crippen LogP contribution in [0.15, 0.2) is 194 Å². The topological polar surface area (TPSA) is 39.8 Å². The van der Waals surface area contributed by atoms with E-state index in [9.17, 15) is 0 Å². The highest BCUT2D eigenvalue weighted by molar-refractivity contribution is 6.22. The Labute approximate surface area is 368 Å². The van der Waals surface area contributed by atoms with Crippen molar-refractivity contribution in [3.8, 4) is 23.0 Å². The number of rotatable bonds is 4. The Morgan fingerprint density at radius 3 is 1.70 bits per heavy atom. The van der Waals surface area contributed by atoms with Gasteiger partial charge in [-0.15, -0.1) is 0 Å². The van der Waals surface area contributed by atoms with Gasteiger partial charge in [0, 0.05) is 44.6 Å². The molecule has 5 heterocycles. The van der Waals surface area contributed by atoms with Crippen LogP contribution < -0.4 is 9.30 Å². The lowest BCUT2D eigenvalue weighted by atomic mass is 9.88. The minimum Gasteiger partial charge on any atom is -0.458 e. The Hall–Kier alpha value is -8.22. The van der Waals surface area contributed by atoms with E-state index in [0.29, 0.717) is 0 Å². The predicted molar refractivity (Wildman–Crippen MR) is 262 cm³/mol. The van der Waals surface area contributed by atoms with Crippen LogP contribution in [-0.4, -0.2) is 18.4 Å². The molecule has 0 fully saturated rings. The normalized spacial score (nSPS) is 12.3. The lowest BCUT2D eigenvalue weighted by Crippen LogP contribution is -2.29. The van der Waals surface area contributed by atoms with Gasteiger partial charge >= 0.3 is 0 Å². The number of benzene rings is 8. The Bertz CT molecular complexity index is 4090. The molecule has 0 amide bonds. The van der Waals surface area contributed by atoms with Crippen molar-refractivity contribution in [1.82, 2.24) is 18.4 Å². The van der Waals surface area contributed by atoms with Crippen LogP contribution in [0.2, 0.25) is 0 Å². The van der Waals surface area contributed by atoms with Gasteiger partial charge in [-0.1, -0.05) is 136 Å². The smallest absolute Gasteiger partial charge is 0.269 e. The van der Waals surface area contributed by atoms with Crippen molar-refractivity contribution >= 4 is 87.2 Å². The summed E-state index contributed by atoms with van der Waals surface area (Å²) < 4.78 is 16.2. The van der Waals surface area contributed by atoms with Gasteiger partial charge in [-0.25, -0.2) is 4.98 Å². The summed E-state index contributed by atoms with van der Waals surface area (Å²) in [4.78, 5) is 4.92. The van der Waals surface area contributed by atoms with Crippen LogP contribution in [0.25, 0.3) is 98.7 Å². The summed E-state index contributed by atoms with van der Waals surface area (Å²) in [6.07, 6.45) is 5.79. The van der Waals surface area contributed by atoms with Crippen LogP contribution in [-0.2, 0) is 5.41 Å². The van der Waals surface area contributed by atoms with Crippen molar-refractivity contribution in [2.45, 2.75) is 26.2 Å². The zero-order valence-electron chi connectivity index (χ0n) is 35.6. The number of para-hydroxylation sites is 6. The molecule has 0 aliphatic carbocycles. The lowest BCUT2D eigenvalue weighted by Gasteiger charge is -2.20. The van der Waals surface area contributed by atoms with E-state index in [0.717, 1.165) is 83.0 Å². The van der Waals surface area contributed by atoms with Gasteiger partial charge in [0.2, 0.25) is 0 Å². The third kappa shape index (κ3) is 5.39. The molecule has 13 rings (SSSR count). The zero-order valence-corrected chi connectivity index (χ0v) is 35.6. The van der Waals surface area contributed by atoms with Crippen LogP contribution >= 0.6 is 0 Å². The second-order valence-corrected chi connectivity index (χ2v) is 17.8. The molecule has 304 valence electrons. The zero-order chi connectivity index (χ0) is 42.7. The van der Waals surface area contributed by atoms with E-state index in [1.165, 1.54) is 32.8 Å². The number of hydrogen-bond acceptors (Lipinski definition) is 2. The van der Waals surface area contributed by atoms with Crippen molar-refractivity contribution in [2.75, 3.05) is 0 Å². The fourth-order valence-electron chi connectivity index (χ4n) is 10.1. The number of aromatic nitrogens is 5. The number of nitrogens with zero attached hydrogens (tertiary/aromatic N) is 5. The molecular formula is C58H41N5O. The molecule has 6 nitrogen and oxygen atoms in total. The fraction of sp³-hybridized carbons (Fsp3) is 0.0690. The number of hydrogen-bond donors (Lipinski definition) is 0. The van der Waals surface area contributed by atoms with E-state index >= 15 is 0 Å². The van der Waals surface area contributed by atoms with Gasteiger partial charge in [0.15, 0.2) is 0 Å². The third-order valence-electron chi connectivity index (χ3n) is 13.0. The van der Waals surface area contributed by atoms with Gasteiger partial charge < -0.3 is 9.14 Å². The van der Waals surface area contributed by atoms with Crippen LogP contribution in [0.4, 0.5) is 0 Å². The Morgan fingerprint density at radius 2 is 1.00 bits per heavy atom. The highest BCUT2D eigenvalue weighted by Crippen LogP contribution is 2.40. The van der Waals surface area contributed by atoms with Crippen LogP contribution in [0.1, 0.15) is 26.3 Å². The van der Waals surface area contributed by atoms with E-state index in [-0.39, 0.29) is 5.41 Å². The van der Waals surface area contributed by atoms with Crippen molar-refractivity contribution in [2.24, 2.45) is 0 Å². The number of imidazole rings is 1. The third-order valence-corrected chi connectivity index (χ3v) is 13.0. The van der Waals surface area contributed by atoms with Gasteiger partial charge in [-0.3, -0.25) is 13.5 Å². The summed E-state index contributed by atoms with van der Waals surface area (Å²) >= 11 is 0. The molecule has 13 aromatic rings. The van der Waals surface area contributed by atoms with E-state index in [2.05, 4.69) is 233 Å². The summed E-state index contributed by atoms with van der Waals surface area (Å²) in [7, 11) is 0. The van der Waals surface area contributed by atoms with E-state index in [1.807, 2.05) is 6.20 Å². The molecule has 5 aromatic heterocycles. The summed E-state index contributed by atoms with van der Waals surface area (Å²) in [6.45, 7) is 6.72. The lowest BCUT2D eigenvalue weighted by molar-refractivity contribution is -0.572. The predicted octanol–water partition coefficient (Wildman–Crippen LogP) is 14.2. The average molecular weight is 824 g/mol. The Morgan fingerprint density at radius 1 is 0.469 bits per heavy atom. The SMILES string of the molecule is CC(C)(C)c1ccnc(-n2c3ccccc3c3ccc(Oc4ccc5c6ccccc6n6c7ccccc7c7cccc(c8cccc9c8n([c-][n+]9-c8ccccc8)c5c4)c76)cc32)c1. The van der Waals surface area contributed by atoms with E-state index < -0.39 is 0 Å². The molecule has 0 N–H and O–H groups in total. The van der Waals surface area contributed by atoms with Gasteiger partial charge in [0.1, 0.15) is 17.3 Å². The van der Waals surface area contributed by atoms with Gasteiger partial charge in [0.25, 0.3) is 6.33 Å². The van der Waals surface area contributed by atoms with Crippen LogP contribution in [0.5, 0.6) is 11.5 Å². The first-order chi connectivity index (χ1) is 31.4. The Kier molecular flexibility index (Phi) is 7.76. The number of pyridine rings is 1. The van der Waals surface area contributed by atoms with Crippen LogP contribution in [0.3, 0.4) is 0 Å². The van der Waals surface area contributed by atoms with E-state index in [1.54, 1.807) is 0 Å². The molecule has 8 aromatic carbocycles. The molecule has 0 unspecified atom stereocenters. The quantitative estimate of drug-likeness (QED) is 0.131. The van der Waals surface area contributed by atoms with Crippen molar-refractivity contribution in [3.63, 3.8) is 0 Å². The molecule has 0 aliphatic rings. The molecule has 0 saturated carbocycles. The summed E-state index contributed by atoms with van der Waals surface area (Å²) in [5.41, 5.74) is 10.9. The molecular weight excluding hydrogens is 783 g/mol. The second kappa shape index (κ2) is 13.6. The minimum absolute atomic E-state index is 0.0252. The molecule has 0 atom stereocenters. The number of ether oxygens (including phenoxy) is 1. The van der Waals surface area contributed by atoms with Crippen molar-refractivity contribution < 1.29 is 9.30 Å². The maximum atomic E-state index is 6.98. The molecule has 0 radical (unpaired) electrons. The number of fused-ring (bicyclic) bond motifs is 12. The highest BCUT2D eigenvalue weighted by Gasteiger charge is 2.21. The first-order valence-corrected chi connectivity index (χ1v) is 21.9. The molecule has 64 heavy (non-hydrogen) atoms. The van der Waals surface area contributed by atoms with E-state index in [4.69, 9.17) is 9.72 Å². The maximum Gasteiger partial charge on any atom is 0.269 e. The minimum atomic E-state index is -0.0252. The molecule has 0 spiro atoms. The fourth-order valence-corrected chi connectivity index (χ4v) is 10.1. The summed E-state index contributed by atoms with van der Waals surface area (Å²) in [6, 6.07) is 67.2. The van der Waals surface area contributed by atoms with Gasteiger partial charge in [-0.2, -0.15) is 0 Å². The average Bonchev–Trinajstić information content (AvgIpc) is 4.00.